The Labute approximate surface area is 118 Å². The van der Waals surface area contributed by atoms with E-state index in [1.54, 1.807) is 6.92 Å². The van der Waals surface area contributed by atoms with E-state index in [0.29, 0.717) is 0 Å². The molecule has 0 saturated carbocycles. The molecule has 0 atom stereocenters. The molecule has 0 heterocycles. The van der Waals surface area contributed by atoms with Gasteiger partial charge in [0.15, 0.2) is 0 Å². The summed E-state index contributed by atoms with van der Waals surface area (Å²) in [5.74, 6) is -1.13. The monoisotopic (exact) mass is 295 g/mol. The lowest BCUT2D eigenvalue weighted by Gasteiger charge is -2.12. The van der Waals surface area contributed by atoms with Gasteiger partial charge in [-0.15, -0.1) is 13.2 Å². The minimum absolute atomic E-state index is 0.0548. The zero-order valence-corrected chi connectivity index (χ0v) is 10.8. The Morgan fingerprint density at radius 2 is 1.76 bits per heavy atom. The first kappa shape index (κ1) is 14.9. The van der Waals surface area contributed by atoms with Crippen LogP contribution in [0.1, 0.15) is 11.1 Å². The molecule has 21 heavy (non-hydrogen) atoms. The molecule has 0 aliphatic rings. The Morgan fingerprint density at radius 1 is 1.05 bits per heavy atom. The summed E-state index contributed by atoms with van der Waals surface area (Å²) in [6.45, 7) is 1.71. The fourth-order valence-electron chi connectivity index (χ4n) is 1.89. The van der Waals surface area contributed by atoms with Crippen molar-refractivity contribution in [1.82, 2.24) is 0 Å². The van der Waals surface area contributed by atoms with Gasteiger partial charge in [0.05, 0.1) is 11.6 Å². The van der Waals surface area contributed by atoms with Gasteiger partial charge in [0.25, 0.3) is 0 Å². The predicted molar refractivity (Wildman–Crippen MR) is 68.0 cm³/mol. The van der Waals surface area contributed by atoms with Crippen LogP contribution in [0.4, 0.5) is 17.6 Å². The lowest BCUT2D eigenvalue weighted by Crippen LogP contribution is -2.17. The lowest BCUT2D eigenvalue weighted by atomic mass is 9.98. The molecule has 2 rings (SSSR count). The maximum absolute atomic E-state index is 13.9. The van der Waals surface area contributed by atoms with E-state index in [-0.39, 0.29) is 16.7 Å². The number of ether oxygens (including phenoxy) is 1. The summed E-state index contributed by atoms with van der Waals surface area (Å²) in [7, 11) is 0. The maximum Gasteiger partial charge on any atom is 0.573 e. The molecule has 2 aromatic carbocycles. The Hall–Kier alpha value is -2.55. The van der Waals surface area contributed by atoms with Crippen LogP contribution in [0.2, 0.25) is 0 Å². The van der Waals surface area contributed by atoms with Gasteiger partial charge in [-0.3, -0.25) is 0 Å². The molecule has 0 aliphatic heterocycles. The van der Waals surface area contributed by atoms with Crippen LogP contribution < -0.4 is 4.74 Å². The smallest absolute Gasteiger partial charge is 0.406 e. The fourth-order valence-corrected chi connectivity index (χ4v) is 1.89. The van der Waals surface area contributed by atoms with Crippen molar-refractivity contribution in [2.45, 2.75) is 13.3 Å². The largest absolute Gasteiger partial charge is 0.573 e. The maximum atomic E-state index is 13.9. The van der Waals surface area contributed by atoms with Crippen molar-refractivity contribution in [2.75, 3.05) is 0 Å². The first-order chi connectivity index (χ1) is 9.80. The van der Waals surface area contributed by atoms with E-state index < -0.39 is 17.9 Å². The number of halogens is 4. The molecule has 0 bridgehead atoms. The van der Waals surface area contributed by atoms with Crippen LogP contribution in [0.5, 0.6) is 5.75 Å². The molecule has 0 aromatic heterocycles. The first-order valence-corrected chi connectivity index (χ1v) is 5.86. The van der Waals surface area contributed by atoms with Crippen molar-refractivity contribution in [3.63, 3.8) is 0 Å². The van der Waals surface area contributed by atoms with Gasteiger partial charge in [-0.1, -0.05) is 11.6 Å². The SMILES string of the molecule is Cc1ccc(F)c(-c2cc(OC(F)(F)F)ccc2C#N)c1. The quantitative estimate of drug-likeness (QED) is 0.760. The number of hydrogen-bond acceptors (Lipinski definition) is 2. The normalized spacial score (nSPS) is 11.0. The molecule has 0 amide bonds. The summed E-state index contributed by atoms with van der Waals surface area (Å²) in [6, 6.07) is 9.20. The second-order valence-corrected chi connectivity index (χ2v) is 4.35. The highest BCUT2D eigenvalue weighted by atomic mass is 19.4. The van der Waals surface area contributed by atoms with Crippen LogP contribution in [-0.2, 0) is 0 Å². The van der Waals surface area contributed by atoms with Gasteiger partial charge in [0, 0.05) is 11.1 Å². The molecular formula is C15H9F4NO. The lowest BCUT2D eigenvalue weighted by molar-refractivity contribution is -0.274. The Morgan fingerprint density at radius 3 is 2.38 bits per heavy atom. The summed E-state index contributed by atoms with van der Waals surface area (Å²) in [4.78, 5) is 0. The molecule has 0 unspecified atom stereocenters. The second kappa shape index (κ2) is 5.44. The topological polar surface area (TPSA) is 33.0 Å². The summed E-state index contributed by atoms with van der Waals surface area (Å²) in [5, 5.41) is 9.03. The summed E-state index contributed by atoms with van der Waals surface area (Å²) < 4.78 is 54.4. The van der Waals surface area contributed by atoms with Crippen molar-refractivity contribution in [1.29, 1.82) is 5.26 Å². The van der Waals surface area contributed by atoms with Crippen LogP contribution in [-0.4, -0.2) is 6.36 Å². The third kappa shape index (κ3) is 3.51. The van der Waals surface area contributed by atoms with Gasteiger partial charge in [-0.05, 0) is 37.3 Å². The molecule has 0 spiro atoms. The van der Waals surface area contributed by atoms with Gasteiger partial charge < -0.3 is 4.74 Å². The predicted octanol–water partition coefficient (Wildman–Crippen LogP) is 4.57. The second-order valence-electron chi connectivity index (χ2n) is 4.35. The van der Waals surface area contributed by atoms with Crippen molar-refractivity contribution in [3.05, 3.63) is 53.3 Å². The highest BCUT2D eigenvalue weighted by Crippen LogP contribution is 2.32. The molecule has 0 radical (unpaired) electrons. The van der Waals surface area contributed by atoms with E-state index in [0.717, 1.165) is 23.8 Å². The van der Waals surface area contributed by atoms with E-state index in [1.807, 2.05) is 6.07 Å². The molecule has 108 valence electrons. The molecular weight excluding hydrogens is 286 g/mol. The van der Waals surface area contributed by atoms with Crippen LogP contribution >= 0.6 is 0 Å². The molecule has 2 nitrogen and oxygen atoms in total. The van der Waals surface area contributed by atoms with Crippen LogP contribution in [0.15, 0.2) is 36.4 Å². The number of nitriles is 1. The van der Waals surface area contributed by atoms with Crippen LogP contribution in [0.3, 0.4) is 0 Å². The number of hydrogen-bond donors (Lipinski definition) is 0. The zero-order valence-electron chi connectivity index (χ0n) is 10.8. The zero-order chi connectivity index (χ0) is 15.6. The van der Waals surface area contributed by atoms with Gasteiger partial charge in [-0.2, -0.15) is 5.26 Å². The van der Waals surface area contributed by atoms with E-state index in [9.17, 15) is 17.6 Å². The number of alkyl halides is 3. The standard InChI is InChI=1S/C15H9F4NO/c1-9-2-5-14(16)13(6-9)12-7-11(21-15(17,18)19)4-3-10(12)8-20/h2-7H,1H3. The van der Waals surface area contributed by atoms with Gasteiger partial charge in [-0.25, -0.2) is 4.39 Å². The molecule has 6 heteroatoms. The van der Waals surface area contributed by atoms with E-state index in [2.05, 4.69) is 4.74 Å². The Bertz CT molecular complexity index is 717. The van der Waals surface area contributed by atoms with Crippen LogP contribution in [0.25, 0.3) is 11.1 Å². The third-order valence-corrected chi connectivity index (χ3v) is 2.76. The van der Waals surface area contributed by atoms with Crippen molar-refractivity contribution >= 4 is 0 Å². The Kier molecular flexibility index (Phi) is 3.85. The highest BCUT2D eigenvalue weighted by Gasteiger charge is 2.31. The molecule has 2 aromatic rings. The average Bonchev–Trinajstić information content (AvgIpc) is 2.39. The minimum Gasteiger partial charge on any atom is -0.406 e. The number of rotatable bonds is 2. The van der Waals surface area contributed by atoms with E-state index in [1.165, 1.54) is 18.2 Å². The molecule has 0 aliphatic carbocycles. The summed E-state index contributed by atoms with van der Waals surface area (Å²) >= 11 is 0. The third-order valence-electron chi connectivity index (χ3n) is 2.76. The van der Waals surface area contributed by atoms with Gasteiger partial charge in [0.2, 0.25) is 0 Å². The molecule has 0 fully saturated rings. The average molecular weight is 295 g/mol. The van der Waals surface area contributed by atoms with E-state index >= 15 is 0 Å². The van der Waals surface area contributed by atoms with E-state index in [4.69, 9.17) is 5.26 Å². The fraction of sp³-hybridized carbons (Fsp3) is 0.133. The first-order valence-electron chi connectivity index (χ1n) is 5.86. The highest BCUT2D eigenvalue weighted by molar-refractivity contribution is 5.73. The van der Waals surface area contributed by atoms with Crippen molar-refractivity contribution in [2.24, 2.45) is 0 Å². The summed E-state index contributed by atoms with van der Waals surface area (Å²) in [6.07, 6.45) is -4.85. The molecule has 0 N–H and O–H groups in total. The number of aryl methyl sites for hydroxylation is 1. The number of benzene rings is 2. The van der Waals surface area contributed by atoms with Crippen LogP contribution in [0, 0.1) is 24.1 Å². The van der Waals surface area contributed by atoms with Crippen molar-refractivity contribution in [3.8, 4) is 22.9 Å². The summed E-state index contributed by atoms with van der Waals surface area (Å²) in [5.41, 5.74) is 0.895. The van der Waals surface area contributed by atoms with Gasteiger partial charge >= 0.3 is 6.36 Å². The molecule has 0 saturated heterocycles. The minimum atomic E-state index is -4.85. The van der Waals surface area contributed by atoms with Crippen molar-refractivity contribution < 1.29 is 22.3 Å². The number of nitrogens with zero attached hydrogens (tertiary/aromatic N) is 1. The Balaban J connectivity index is 2.58. The van der Waals surface area contributed by atoms with Gasteiger partial charge in [0.1, 0.15) is 11.6 Å².